The number of nitrogens with zero attached hydrogens (tertiary/aromatic N) is 1. The average molecular weight is 523 g/mol. The second-order valence-electron chi connectivity index (χ2n) is 10.6. The molecule has 2 aliphatic carbocycles. The molecule has 6 heteroatoms. The van der Waals surface area contributed by atoms with Crippen molar-refractivity contribution in [3.63, 3.8) is 0 Å². The van der Waals surface area contributed by atoms with Crippen molar-refractivity contribution in [2.24, 2.45) is 5.92 Å². The molecule has 0 atom stereocenters. The summed E-state index contributed by atoms with van der Waals surface area (Å²) in [7, 11) is 0. The summed E-state index contributed by atoms with van der Waals surface area (Å²) in [5.74, 6) is 0.326. The molecule has 0 spiro atoms. The van der Waals surface area contributed by atoms with Gasteiger partial charge in [0.25, 0.3) is 0 Å². The molecular formula is C30H33Cl2N3O. The fourth-order valence-electron chi connectivity index (χ4n) is 5.19. The second kappa shape index (κ2) is 10.2. The summed E-state index contributed by atoms with van der Waals surface area (Å²) in [5.41, 5.74) is 5.43. The zero-order chi connectivity index (χ0) is 25.4. The Morgan fingerprint density at radius 3 is 2.44 bits per heavy atom. The number of carbonyl (C=O) groups excluding carboxylic acids is 1. The van der Waals surface area contributed by atoms with Crippen LogP contribution in [-0.2, 0) is 0 Å². The second-order valence-corrected chi connectivity index (χ2v) is 11.4. The molecule has 2 aliphatic rings. The molecular weight excluding hydrogens is 489 g/mol. The lowest BCUT2D eigenvalue weighted by molar-refractivity contribution is 0.0968. The van der Waals surface area contributed by atoms with E-state index in [4.69, 9.17) is 23.2 Å². The van der Waals surface area contributed by atoms with Crippen molar-refractivity contribution >= 4 is 45.6 Å². The van der Waals surface area contributed by atoms with E-state index in [0.29, 0.717) is 21.7 Å². The lowest BCUT2D eigenvalue weighted by Gasteiger charge is -2.39. The number of fused-ring (bicyclic) bond motifs is 1. The molecule has 0 amide bonds. The first-order valence-electron chi connectivity index (χ1n) is 12.8. The molecule has 0 aliphatic heterocycles. The highest BCUT2D eigenvalue weighted by Gasteiger charge is 2.34. The fraction of sp³-hybridized carbons (Fsp3) is 0.400. The van der Waals surface area contributed by atoms with E-state index in [0.717, 1.165) is 78.4 Å². The number of halogens is 2. The molecule has 188 valence electrons. The van der Waals surface area contributed by atoms with E-state index in [1.165, 1.54) is 0 Å². The van der Waals surface area contributed by atoms with Crippen molar-refractivity contribution in [3.05, 3.63) is 70.4 Å². The van der Waals surface area contributed by atoms with Crippen molar-refractivity contribution in [1.82, 2.24) is 10.3 Å². The van der Waals surface area contributed by atoms with Gasteiger partial charge in [-0.2, -0.15) is 0 Å². The van der Waals surface area contributed by atoms with Crippen LogP contribution in [-0.4, -0.2) is 28.9 Å². The predicted molar refractivity (Wildman–Crippen MR) is 151 cm³/mol. The van der Waals surface area contributed by atoms with E-state index in [9.17, 15) is 4.79 Å². The fourth-order valence-corrected chi connectivity index (χ4v) is 5.68. The Morgan fingerprint density at radius 1 is 1.11 bits per heavy atom. The number of carbonyl (C=O) groups is 1. The number of hydrogen-bond acceptors (Lipinski definition) is 4. The number of aromatic nitrogens is 1. The number of Topliss-reactive ketones (excluding diaryl/α,β-unsaturated/α-hetero) is 1. The third-order valence-corrected chi connectivity index (χ3v) is 8.59. The van der Waals surface area contributed by atoms with E-state index in [-0.39, 0.29) is 17.2 Å². The Labute approximate surface area is 223 Å². The zero-order valence-electron chi connectivity index (χ0n) is 21.0. The first-order valence-corrected chi connectivity index (χ1v) is 13.6. The molecule has 36 heavy (non-hydrogen) atoms. The van der Waals surface area contributed by atoms with Crippen LogP contribution in [0.25, 0.3) is 22.0 Å². The molecule has 0 saturated heterocycles. The van der Waals surface area contributed by atoms with Gasteiger partial charge in [-0.3, -0.25) is 9.78 Å². The summed E-state index contributed by atoms with van der Waals surface area (Å²) in [5, 5.41) is 9.67. The molecule has 2 saturated carbocycles. The van der Waals surface area contributed by atoms with Crippen molar-refractivity contribution in [1.29, 1.82) is 0 Å². The molecule has 2 fully saturated rings. The van der Waals surface area contributed by atoms with Crippen LogP contribution in [0.4, 0.5) is 5.69 Å². The van der Waals surface area contributed by atoms with Gasteiger partial charge in [0.1, 0.15) is 0 Å². The van der Waals surface area contributed by atoms with E-state index < -0.39 is 0 Å². The molecule has 2 aromatic carbocycles. The predicted octanol–water partition coefficient (Wildman–Crippen LogP) is 8.00. The van der Waals surface area contributed by atoms with E-state index in [2.05, 4.69) is 35.2 Å². The van der Waals surface area contributed by atoms with Crippen LogP contribution in [0.1, 0.15) is 61.4 Å². The van der Waals surface area contributed by atoms with E-state index >= 15 is 0 Å². The van der Waals surface area contributed by atoms with Crippen molar-refractivity contribution in [2.75, 3.05) is 11.9 Å². The lowest BCUT2D eigenvalue weighted by Crippen LogP contribution is -2.47. The van der Waals surface area contributed by atoms with Crippen molar-refractivity contribution < 1.29 is 4.79 Å². The SMILES string of the molecule is C=CCNC1(C)CCC(Nc2c(C(=O)C3CC3)cnc3ccc(-c4cc(Cl)c(C)c(Cl)c4)cc23)CC1. The van der Waals surface area contributed by atoms with Crippen LogP contribution in [0.5, 0.6) is 0 Å². The molecule has 0 unspecified atom stereocenters. The maximum absolute atomic E-state index is 13.3. The van der Waals surface area contributed by atoms with Gasteiger partial charge in [0.05, 0.1) is 16.8 Å². The van der Waals surface area contributed by atoms with Gasteiger partial charge in [-0.25, -0.2) is 0 Å². The third kappa shape index (κ3) is 5.18. The molecule has 1 heterocycles. The molecule has 0 bridgehead atoms. The average Bonchev–Trinajstić information content (AvgIpc) is 3.72. The van der Waals surface area contributed by atoms with Gasteiger partial charge in [0.15, 0.2) is 5.78 Å². The highest BCUT2D eigenvalue weighted by atomic mass is 35.5. The van der Waals surface area contributed by atoms with Crippen LogP contribution < -0.4 is 10.6 Å². The first kappa shape index (κ1) is 25.3. The lowest BCUT2D eigenvalue weighted by atomic mass is 9.80. The smallest absolute Gasteiger partial charge is 0.169 e. The molecule has 2 N–H and O–H groups in total. The number of benzene rings is 2. The molecule has 4 nitrogen and oxygen atoms in total. The Kier molecular flexibility index (Phi) is 7.13. The molecule has 0 radical (unpaired) electrons. The van der Waals surface area contributed by atoms with Crippen LogP contribution >= 0.6 is 23.2 Å². The van der Waals surface area contributed by atoms with E-state index in [1.807, 2.05) is 37.3 Å². The summed E-state index contributed by atoms with van der Waals surface area (Å²) in [6.07, 6.45) is 9.82. The quantitative estimate of drug-likeness (QED) is 0.233. The summed E-state index contributed by atoms with van der Waals surface area (Å²) >= 11 is 12.9. The number of nitrogens with one attached hydrogen (secondary N) is 2. The van der Waals surface area contributed by atoms with E-state index in [1.54, 1.807) is 6.20 Å². The number of ketones is 1. The standard InChI is InChI=1S/C30H33Cl2N3O/c1-4-13-34-30(3)11-9-22(10-12-30)35-28-23-14-20(21-15-25(31)18(2)26(32)16-21)7-8-27(23)33-17-24(28)29(36)19-5-6-19/h4,7-8,14-17,19,22,34H,1,5-6,9-13H2,2-3H3,(H,33,35). The Hall–Kier alpha value is -2.40. The van der Waals surface area contributed by atoms with Crippen LogP contribution in [0, 0.1) is 12.8 Å². The molecule has 3 aromatic rings. The first-order chi connectivity index (χ1) is 17.3. The minimum absolute atomic E-state index is 0.122. The number of hydrogen-bond donors (Lipinski definition) is 2. The Bertz CT molecular complexity index is 1300. The maximum Gasteiger partial charge on any atom is 0.169 e. The third-order valence-electron chi connectivity index (χ3n) is 7.81. The number of anilines is 1. The monoisotopic (exact) mass is 521 g/mol. The Balaban J connectivity index is 1.52. The molecule has 5 rings (SSSR count). The summed E-state index contributed by atoms with van der Waals surface area (Å²) < 4.78 is 0. The zero-order valence-corrected chi connectivity index (χ0v) is 22.5. The van der Waals surface area contributed by atoms with Gasteiger partial charge in [-0.05, 0) is 93.3 Å². The normalized spacial score (nSPS) is 21.9. The van der Waals surface area contributed by atoms with Crippen LogP contribution in [0.15, 0.2) is 49.2 Å². The van der Waals surface area contributed by atoms with Gasteiger partial charge < -0.3 is 10.6 Å². The highest BCUT2D eigenvalue weighted by Crippen LogP contribution is 2.40. The number of pyridine rings is 1. The molecule has 1 aromatic heterocycles. The van der Waals surface area contributed by atoms with Gasteiger partial charge in [-0.15, -0.1) is 6.58 Å². The van der Waals surface area contributed by atoms with Crippen LogP contribution in [0.2, 0.25) is 10.0 Å². The maximum atomic E-state index is 13.3. The van der Waals surface area contributed by atoms with Gasteiger partial charge in [-0.1, -0.05) is 35.3 Å². The Morgan fingerprint density at radius 2 is 1.81 bits per heavy atom. The summed E-state index contributed by atoms with van der Waals surface area (Å²) in [4.78, 5) is 18.0. The van der Waals surface area contributed by atoms with Gasteiger partial charge in [0.2, 0.25) is 0 Å². The van der Waals surface area contributed by atoms with Gasteiger partial charge in [0, 0.05) is 45.7 Å². The van der Waals surface area contributed by atoms with Crippen molar-refractivity contribution in [2.45, 2.75) is 64.0 Å². The minimum atomic E-state index is 0.122. The largest absolute Gasteiger partial charge is 0.381 e. The summed E-state index contributed by atoms with van der Waals surface area (Å²) in [6, 6.07) is 10.4. The van der Waals surface area contributed by atoms with Crippen LogP contribution in [0.3, 0.4) is 0 Å². The minimum Gasteiger partial charge on any atom is -0.381 e. The van der Waals surface area contributed by atoms with Crippen molar-refractivity contribution in [3.8, 4) is 11.1 Å². The topological polar surface area (TPSA) is 54.0 Å². The highest BCUT2D eigenvalue weighted by molar-refractivity contribution is 6.36. The number of rotatable bonds is 8. The van der Waals surface area contributed by atoms with Gasteiger partial charge >= 0.3 is 0 Å². The summed E-state index contributed by atoms with van der Waals surface area (Å²) in [6.45, 7) is 8.86.